The van der Waals surface area contributed by atoms with E-state index in [4.69, 9.17) is 4.74 Å². The maximum Gasteiger partial charge on any atom is 0.408 e. The van der Waals surface area contributed by atoms with Crippen LogP contribution in [0.5, 0.6) is 0 Å². The zero-order valence-corrected chi connectivity index (χ0v) is 13.4. The third kappa shape index (κ3) is 5.89. The topological polar surface area (TPSA) is 121 Å². The second-order valence-electron chi connectivity index (χ2n) is 5.65. The summed E-state index contributed by atoms with van der Waals surface area (Å²) < 4.78 is 9.68. The van der Waals surface area contributed by atoms with Crippen LogP contribution in [0.15, 0.2) is 18.3 Å². The molecule has 0 bridgehead atoms. The van der Waals surface area contributed by atoms with Crippen molar-refractivity contribution in [2.24, 2.45) is 0 Å². The van der Waals surface area contributed by atoms with Gasteiger partial charge in [0.15, 0.2) is 0 Å². The maximum absolute atomic E-state index is 11.8. The van der Waals surface area contributed by atoms with Crippen molar-refractivity contribution in [3.05, 3.63) is 34.1 Å². The van der Waals surface area contributed by atoms with Gasteiger partial charge >= 0.3 is 12.1 Å². The van der Waals surface area contributed by atoms with Crippen LogP contribution in [-0.4, -0.2) is 40.7 Å². The molecule has 1 aromatic rings. The highest BCUT2D eigenvalue weighted by Gasteiger charge is 2.28. The Kier molecular flexibility index (Phi) is 6.00. The molecule has 1 aromatic heterocycles. The molecule has 1 atom stereocenters. The fourth-order valence-corrected chi connectivity index (χ4v) is 1.73. The second-order valence-corrected chi connectivity index (χ2v) is 5.65. The Hall–Kier alpha value is -2.71. The lowest BCUT2D eigenvalue weighted by Crippen LogP contribution is -2.45. The van der Waals surface area contributed by atoms with Crippen LogP contribution in [0, 0.1) is 10.1 Å². The van der Waals surface area contributed by atoms with Crippen molar-refractivity contribution in [2.75, 3.05) is 7.11 Å². The number of aromatic nitrogens is 1. The maximum atomic E-state index is 11.8. The molecule has 0 aromatic carbocycles. The number of hydrogen-bond donors (Lipinski definition) is 1. The molecule has 1 unspecified atom stereocenters. The van der Waals surface area contributed by atoms with E-state index in [1.165, 1.54) is 18.3 Å². The Morgan fingerprint density at radius 1 is 1.43 bits per heavy atom. The number of ether oxygens (including phenoxy) is 2. The van der Waals surface area contributed by atoms with Gasteiger partial charge < -0.3 is 14.8 Å². The van der Waals surface area contributed by atoms with Crippen molar-refractivity contribution < 1.29 is 24.0 Å². The van der Waals surface area contributed by atoms with Gasteiger partial charge in [-0.1, -0.05) is 0 Å². The van der Waals surface area contributed by atoms with Crippen LogP contribution >= 0.6 is 0 Å². The third-order valence-corrected chi connectivity index (χ3v) is 2.64. The van der Waals surface area contributed by atoms with Gasteiger partial charge in [-0.3, -0.25) is 15.1 Å². The third-order valence-electron chi connectivity index (χ3n) is 2.64. The quantitative estimate of drug-likeness (QED) is 0.496. The Morgan fingerprint density at radius 2 is 2.09 bits per heavy atom. The van der Waals surface area contributed by atoms with Gasteiger partial charge in [0.2, 0.25) is 0 Å². The molecule has 1 rings (SSSR count). The summed E-state index contributed by atoms with van der Waals surface area (Å²) in [6.45, 7) is 5.01. The number of nitrogens with zero attached hydrogens (tertiary/aromatic N) is 2. The average molecular weight is 325 g/mol. The van der Waals surface area contributed by atoms with Gasteiger partial charge in [-0.25, -0.2) is 9.59 Å². The molecule has 1 amide bonds. The average Bonchev–Trinajstić information content (AvgIpc) is 2.44. The van der Waals surface area contributed by atoms with Crippen LogP contribution in [0.4, 0.5) is 10.5 Å². The minimum Gasteiger partial charge on any atom is -0.467 e. The Morgan fingerprint density at radius 3 is 2.61 bits per heavy atom. The summed E-state index contributed by atoms with van der Waals surface area (Å²) in [7, 11) is 1.15. The summed E-state index contributed by atoms with van der Waals surface area (Å²) in [5.41, 5.74) is -0.932. The summed E-state index contributed by atoms with van der Waals surface area (Å²) in [5, 5.41) is 13.3. The lowest BCUT2D eigenvalue weighted by molar-refractivity contribution is -0.385. The van der Waals surface area contributed by atoms with Gasteiger partial charge in [-0.05, 0) is 26.8 Å². The fourth-order valence-electron chi connectivity index (χ4n) is 1.73. The van der Waals surface area contributed by atoms with Crippen LogP contribution in [0.3, 0.4) is 0 Å². The largest absolute Gasteiger partial charge is 0.467 e. The smallest absolute Gasteiger partial charge is 0.408 e. The lowest BCUT2D eigenvalue weighted by Gasteiger charge is -2.22. The van der Waals surface area contributed by atoms with Gasteiger partial charge in [0.25, 0.3) is 5.69 Å². The van der Waals surface area contributed by atoms with Gasteiger partial charge in [-0.15, -0.1) is 0 Å². The van der Waals surface area contributed by atoms with Crippen molar-refractivity contribution in [3.63, 3.8) is 0 Å². The van der Waals surface area contributed by atoms with Gasteiger partial charge in [0.05, 0.1) is 12.0 Å². The molecule has 0 radical (unpaired) electrons. The van der Waals surface area contributed by atoms with Crippen LogP contribution in [0.1, 0.15) is 26.5 Å². The highest BCUT2D eigenvalue weighted by Crippen LogP contribution is 2.17. The molecule has 0 spiro atoms. The van der Waals surface area contributed by atoms with Crippen molar-refractivity contribution >= 4 is 17.7 Å². The highest BCUT2D eigenvalue weighted by molar-refractivity contribution is 5.81. The minimum absolute atomic E-state index is 0.0592. The number of methoxy groups -OCH3 is 1. The molecule has 0 aliphatic carbocycles. The molecule has 9 heteroatoms. The number of pyridine rings is 1. The molecule has 0 aliphatic heterocycles. The Bertz CT molecular complexity index is 596. The summed E-state index contributed by atoms with van der Waals surface area (Å²) in [4.78, 5) is 37.9. The summed E-state index contributed by atoms with van der Waals surface area (Å²) in [6, 6.07) is 1.53. The number of nitrogens with one attached hydrogen (secondary N) is 1. The highest BCUT2D eigenvalue weighted by atomic mass is 16.6. The standard InChI is InChI=1S/C14H19N3O6/c1-14(2,3)23-13(19)16-10(12(18)22-4)8-9-11(17(20)21)6-5-7-15-9/h5-7,10H,8H2,1-4H3,(H,16,19). The summed E-state index contributed by atoms with van der Waals surface area (Å²) >= 11 is 0. The van der Waals surface area contributed by atoms with Crippen molar-refractivity contribution in [1.82, 2.24) is 10.3 Å². The van der Waals surface area contributed by atoms with Crippen molar-refractivity contribution in [3.8, 4) is 0 Å². The van der Waals surface area contributed by atoms with E-state index in [-0.39, 0.29) is 17.8 Å². The first-order chi connectivity index (χ1) is 10.6. The zero-order valence-electron chi connectivity index (χ0n) is 13.4. The molecule has 9 nitrogen and oxygen atoms in total. The van der Waals surface area contributed by atoms with Crippen LogP contribution in [0.25, 0.3) is 0 Å². The molecule has 23 heavy (non-hydrogen) atoms. The Balaban J connectivity index is 2.94. The normalized spacial score (nSPS) is 12.2. The number of nitro groups is 1. The number of amides is 1. The van der Waals surface area contributed by atoms with Gasteiger partial charge in [0, 0.05) is 18.7 Å². The Labute approximate surface area is 133 Å². The summed E-state index contributed by atoms with van der Waals surface area (Å²) in [6.07, 6.45) is 0.346. The SMILES string of the molecule is COC(=O)C(Cc1ncccc1[N+](=O)[O-])NC(=O)OC(C)(C)C. The molecule has 126 valence electrons. The molecular formula is C14H19N3O6. The molecule has 0 saturated heterocycles. The van der Waals surface area contributed by atoms with E-state index in [1.807, 2.05) is 0 Å². The number of alkyl carbamates (subject to hydrolysis) is 1. The number of carbonyl (C=O) groups is 2. The number of hydrogen-bond acceptors (Lipinski definition) is 7. The zero-order chi connectivity index (χ0) is 17.6. The summed E-state index contributed by atoms with van der Waals surface area (Å²) in [5.74, 6) is -0.754. The van der Waals surface area contributed by atoms with Gasteiger partial charge in [-0.2, -0.15) is 0 Å². The van der Waals surface area contributed by atoms with Crippen molar-refractivity contribution in [1.29, 1.82) is 0 Å². The molecule has 1 heterocycles. The predicted octanol–water partition coefficient (Wildman–Crippen LogP) is 1.60. The van der Waals surface area contributed by atoms with Crippen molar-refractivity contribution in [2.45, 2.75) is 38.8 Å². The predicted molar refractivity (Wildman–Crippen MR) is 79.8 cm³/mol. The monoisotopic (exact) mass is 325 g/mol. The van der Waals surface area contributed by atoms with E-state index in [2.05, 4.69) is 15.0 Å². The number of carbonyl (C=O) groups excluding carboxylic acids is 2. The van der Waals surface area contributed by atoms with E-state index in [1.54, 1.807) is 20.8 Å². The van der Waals surface area contributed by atoms with Crippen LogP contribution in [0.2, 0.25) is 0 Å². The molecule has 0 aliphatic rings. The minimum atomic E-state index is -1.15. The van der Waals surface area contributed by atoms with E-state index < -0.39 is 28.6 Å². The van der Waals surface area contributed by atoms with Crippen LogP contribution < -0.4 is 5.32 Å². The first-order valence-corrected chi connectivity index (χ1v) is 6.79. The second kappa shape index (κ2) is 7.52. The van der Waals surface area contributed by atoms with E-state index in [9.17, 15) is 19.7 Å². The van der Waals surface area contributed by atoms with E-state index >= 15 is 0 Å². The number of esters is 1. The molecule has 0 fully saturated rings. The first-order valence-electron chi connectivity index (χ1n) is 6.79. The van der Waals surface area contributed by atoms with Gasteiger partial charge in [0.1, 0.15) is 17.3 Å². The molecule has 0 saturated carbocycles. The number of rotatable bonds is 5. The molecular weight excluding hydrogens is 306 g/mol. The fraction of sp³-hybridized carbons (Fsp3) is 0.500. The first kappa shape index (κ1) is 18.3. The molecule has 1 N–H and O–H groups in total. The van der Waals surface area contributed by atoms with E-state index in [0.717, 1.165) is 7.11 Å². The van der Waals surface area contributed by atoms with Crippen LogP contribution in [-0.2, 0) is 20.7 Å². The lowest BCUT2D eigenvalue weighted by atomic mass is 10.1. The van der Waals surface area contributed by atoms with E-state index in [0.29, 0.717) is 0 Å².